The lowest BCUT2D eigenvalue weighted by Crippen LogP contribution is -2.40. The molecule has 116 valence electrons. The third-order valence-corrected chi connectivity index (χ3v) is 3.65. The molecule has 0 saturated carbocycles. The van der Waals surface area contributed by atoms with Gasteiger partial charge in [-0.3, -0.25) is 9.69 Å². The zero-order chi connectivity index (χ0) is 15.1. The minimum absolute atomic E-state index is 0.0379. The zero-order valence-corrected chi connectivity index (χ0v) is 12.7. The fraction of sp³-hybridized carbons (Fsp3) is 0.562. The summed E-state index contributed by atoms with van der Waals surface area (Å²) in [5.41, 5.74) is 1.02. The second-order valence-corrected chi connectivity index (χ2v) is 4.92. The number of carbonyl (C=O) groups excluding carboxylic acids is 1. The first-order valence-corrected chi connectivity index (χ1v) is 7.36. The summed E-state index contributed by atoms with van der Waals surface area (Å²) in [4.78, 5) is 14.2. The predicted octanol–water partition coefficient (Wildman–Crippen LogP) is 2.02. The molecule has 1 saturated heterocycles. The van der Waals surface area contributed by atoms with Crippen molar-refractivity contribution in [1.82, 2.24) is 4.90 Å². The van der Waals surface area contributed by atoms with E-state index in [1.807, 2.05) is 31.2 Å². The van der Waals surface area contributed by atoms with E-state index in [2.05, 4.69) is 4.90 Å². The van der Waals surface area contributed by atoms with Gasteiger partial charge in [0.15, 0.2) is 0 Å². The van der Waals surface area contributed by atoms with E-state index in [0.29, 0.717) is 26.2 Å². The molecule has 0 spiro atoms. The fourth-order valence-electron chi connectivity index (χ4n) is 2.64. The summed E-state index contributed by atoms with van der Waals surface area (Å²) in [6.07, 6.45) is 0.328. The summed E-state index contributed by atoms with van der Waals surface area (Å²) >= 11 is 0. The van der Waals surface area contributed by atoms with Crippen molar-refractivity contribution in [1.29, 1.82) is 0 Å². The number of carbonyl (C=O) groups is 1. The van der Waals surface area contributed by atoms with E-state index in [0.717, 1.165) is 24.4 Å². The van der Waals surface area contributed by atoms with Crippen LogP contribution < -0.4 is 4.74 Å². The Labute approximate surface area is 125 Å². The molecule has 1 heterocycles. The van der Waals surface area contributed by atoms with Gasteiger partial charge in [-0.25, -0.2) is 0 Å². The molecule has 1 fully saturated rings. The van der Waals surface area contributed by atoms with Gasteiger partial charge < -0.3 is 14.2 Å². The normalized spacial score (nSPS) is 17.2. The van der Waals surface area contributed by atoms with Crippen molar-refractivity contribution < 1.29 is 19.0 Å². The second kappa shape index (κ2) is 8.00. The van der Waals surface area contributed by atoms with Crippen molar-refractivity contribution in [3.8, 4) is 5.75 Å². The van der Waals surface area contributed by atoms with Crippen LogP contribution in [0.15, 0.2) is 24.3 Å². The third-order valence-electron chi connectivity index (χ3n) is 3.65. The van der Waals surface area contributed by atoms with Gasteiger partial charge in [0, 0.05) is 24.7 Å². The number of esters is 1. The quantitative estimate of drug-likeness (QED) is 0.751. The molecule has 0 aromatic heterocycles. The van der Waals surface area contributed by atoms with Crippen LogP contribution in [0.25, 0.3) is 0 Å². The average molecular weight is 293 g/mol. The average Bonchev–Trinajstić information content (AvgIpc) is 2.54. The highest BCUT2D eigenvalue weighted by atomic mass is 16.5. The first kappa shape index (κ1) is 15.8. The number of morpholine rings is 1. The lowest BCUT2D eigenvalue weighted by atomic mass is 10.0. The van der Waals surface area contributed by atoms with Crippen LogP contribution in [-0.2, 0) is 14.3 Å². The highest BCUT2D eigenvalue weighted by molar-refractivity contribution is 5.70. The van der Waals surface area contributed by atoms with Crippen LogP contribution in [-0.4, -0.2) is 50.9 Å². The van der Waals surface area contributed by atoms with Crippen LogP contribution in [0.1, 0.15) is 24.9 Å². The Kier molecular flexibility index (Phi) is 6.02. The van der Waals surface area contributed by atoms with Gasteiger partial charge in [0.25, 0.3) is 0 Å². The van der Waals surface area contributed by atoms with Gasteiger partial charge in [-0.1, -0.05) is 18.2 Å². The van der Waals surface area contributed by atoms with Crippen LogP contribution in [0.5, 0.6) is 5.75 Å². The number of nitrogens with zero attached hydrogens (tertiary/aromatic N) is 1. The highest BCUT2D eigenvalue weighted by Gasteiger charge is 2.27. The molecule has 21 heavy (non-hydrogen) atoms. The summed E-state index contributed by atoms with van der Waals surface area (Å²) in [6.45, 7) is 5.22. The SMILES string of the molecule is CCOC(=O)CC(c1ccccc1OC)N1CCOCC1. The van der Waals surface area contributed by atoms with Crippen molar-refractivity contribution in [2.75, 3.05) is 40.0 Å². The van der Waals surface area contributed by atoms with Gasteiger partial charge in [-0.05, 0) is 13.0 Å². The zero-order valence-electron chi connectivity index (χ0n) is 12.7. The molecule has 1 aliphatic rings. The highest BCUT2D eigenvalue weighted by Crippen LogP contribution is 2.32. The van der Waals surface area contributed by atoms with Crippen LogP contribution in [0.4, 0.5) is 0 Å². The first-order chi connectivity index (χ1) is 10.3. The fourth-order valence-corrected chi connectivity index (χ4v) is 2.64. The Hall–Kier alpha value is -1.59. The van der Waals surface area contributed by atoms with E-state index in [1.54, 1.807) is 7.11 Å². The van der Waals surface area contributed by atoms with Gasteiger partial charge in [0.1, 0.15) is 5.75 Å². The second-order valence-electron chi connectivity index (χ2n) is 4.92. The molecule has 0 bridgehead atoms. The molecule has 2 rings (SSSR count). The number of benzene rings is 1. The Bertz CT molecular complexity index is 457. The summed E-state index contributed by atoms with van der Waals surface area (Å²) < 4.78 is 16.0. The number of hydrogen-bond acceptors (Lipinski definition) is 5. The van der Waals surface area contributed by atoms with E-state index < -0.39 is 0 Å². The van der Waals surface area contributed by atoms with Gasteiger partial charge in [0.2, 0.25) is 0 Å². The minimum atomic E-state index is -0.181. The Morgan fingerprint density at radius 2 is 2.05 bits per heavy atom. The lowest BCUT2D eigenvalue weighted by Gasteiger charge is -2.34. The third kappa shape index (κ3) is 4.19. The summed E-state index contributed by atoms with van der Waals surface area (Å²) in [6, 6.07) is 7.80. The molecule has 0 aliphatic carbocycles. The van der Waals surface area contributed by atoms with E-state index >= 15 is 0 Å². The molecular weight excluding hydrogens is 270 g/mol. The molecule has 1 aromatic carbocycles. The lowest BCUT2D eigenvalue weighted by molar-refractivity contribution is -0.145. The number of para-hydroxylation sites is 1. The molecule has 5 nitrogen and oxygen atoms in total. The molecule has 0 radical (unpaired) electrons. The van der Waals surface area contributed by atoms with Crippen LogP contribution >= 0.6 is 0 Å². The van der Waals surface area contributed by atoms with Crippen molar-refractivity contribution in [3.05, 3.63) is 29.8 Å². The van der Waals surface area contributed by atoms with Crippen LogP contribution in [0.3, 0.4) is 0 Å². The number of hydrogen-bond donors (Lipinski definition) is 0. The molecule has 0 amide bonds. The summed E-state index contributed by atoms with van der Waals surface area (Å²) in [7, 11) is 1.65. The molecule has 1 unspecified atom stereocenters. The smallest absolute Gasteiger partial charge is 0.307 e. The van der Waals surface area contributed by atoms with E-state index in [-0.39, 0.29) is 12.0 Å². The molecule has 1 aromatic rings. The Morgan fingerprint density at radius 3 is 2.71 bits per heavy atom. The van der Waals surface area contributed by atoms with Gasteiger partial charge in [-0.15, -0.1) is 0 Å². The Balaban J connectivity index is 2.23. The van der Waals surface area contributed by atoms with Crippen LogP contribution in [0, 0.1) is 0 Å². The molecule has 1 aliphatic heterocycles. The summed E-state index contributed by atoms with van der Waals surface area (Å²) in [5, 5.41) is 0. The molecular formula is C16H23NO4. The van der Waals surface area contributed by atoms with Gasteiger partial charge in [-0.2, -0.15) is 0 Å². The molecule has 1 atom stereocenters. The van der Waals surface area contributed by atoms with E-state index in [1.165, 1.54) is 0 Å². The minimum Gasteiger partial charge on any atom is -0.496 e. The van der Waals surface area contributed by atoms with Crippen molar-refractivity contribution >= 4 is 5.97 Å². The largest absolute Gasteiger partial charge is 0.496 e. The maximum Gasteiger partial charge on any atom is 0.307 e. The number of ether oxygens (including phenoxy) is 3. The van der Waals surface area contributed by atoms with Crippen molar-refractivity contribution in [2.24, 2.45) is 0 Å². The monoisotopic (exact) mass is 293 g/mol. The maximum atomic E-state index is 11.9. The summed E-state index contributed by atoms with van der Waals surface area (Å²) in [5.74, 6) is 0.623. The van der Waals surface area contributed by atoms with Crippen molar-refractivity contribution in [3.63, 3.8) is 0 Å². The first-order valence-electron chi connectivity index (χ1n) is 7.36. The van der Waals surface area contributed by atoms with Crippen molar-refractivity contribution in [2.45, 2.75) is 19.4 Å². The topological polar surface area (TPSA) is 48.0 Å². The van der Waals surface area contributed by atoms with Crippen LogP contribution in [0.2, 0.25) is 0 Å². The Morgan fingerprint density at radius 1 is 1.33 bits per heavy atom. The standard InChI is InChI=1S/C16H23NO4/c1-3-21-16(18)12-14(17-8-10-20-11-9-17)13-6-4-5-7-15(13)19-2/h4-7,14H,3,8-12H2,1-2H3. The van der Waals surface area contributed by atoms with Gasteiger partial charge >= 0.3 is 5.97 Å². The number of rotatable bonds is 6. The molecule has 0 N–H and O–H groups in total. The molecule has 5 heteroatoms. The van der Waals surface area contributed by atoms with E-state index in [4.69, 9.17) is 14.2 Å². The maximum absolute atomic E-state index is 11.9. The van der Waals surface area contributed by atoms with Gasteiger partial charge in [0.05, 0.1) is 33.4 Å². The van der Waals surface area contributed by atoms with E-state index in [9.17, 15) is 4.79 Å². The predicted molar refractivity (Wildman–Crippen MR) is 79.4 cm³/mol. The number of methoxy groups -OCH3 is 1.